The third-order valence-electron chi connectivity index (χ3n) is 5.49. The van der Waals surface area contributed by atoms with Crippen LogP contribution in [-0.2, 0) is 27.1 Å². The number of aryl methyl sites for hydroxylation is 2. The van der Waals surface area contributed by atoms with Gasteiger partial charge in [0, 0.05) is 5.69 Å². The summed E-state index contributed by atoms with van der Waals surface area (Å²) < 4.78 is 10.8. The third-order valence-corrected chi connectivity index (χ3v) is 5.49. The van der Waals surface area contributed by atoms with Gasteiger partial charge in [-0.3, -0.25) is 15.0 Å². The Kier molecular flexibility index (Phi) is 5.81. The molecule has 2 amide bonds. The number of nitrogens with one attached hydrogen (secondary N) is 1. The van der Waals surface area contributed by atoms with Crippen LogP contribution in [0.1, 0.15) is 37.3 Å². The molecule has 2 aromatic rings. The summed E-state index contributed by atoms with van der Waals surface area (Å²) >= 11 is 0. The van der Waals surface area contributed by atoms with E-state index in [0.29, 0.717) is 12.3 Å². The van der Waals surface area contributed by atoms with Gasteiger partial charge >= 0.3 is 6.09 Å². The van der Waals surface area contributed by atoms with Crippen molar-refractivity contribution in [1.29, 1.82) is 0 Å². The highest BCUT2D eigenvalue weighted by Crippen LogP contribution is 2.38. The second kappa shape index (κ2) is 8.66. The summed E-state index contributed by atoms with van der Waals surface area (Å²) in [5.41, 5.74) is 4.45. The average Bonchev–Trinajstić information content (AvgIpc) is 2.83. The lowest BCUT2D eigenvalue weighted by molar-refractivity contribution is -0.126. The predicted octanol–water partition coefficient (Wildman–Crippen LogP) is 4.59. The van der Waals surface area contributed by atoms with Crippen molar-refractivity contribution in [1.82, 2.24) is 0 Å². The van der Waals surface area contributed by atoms with Gasteiger partial charge in [-0.1, -0.05) is 24.3 Å². The van der Waals surface area contributed by atoms with Gasteiger partial charge in [-0.25, -0.2) is 4.79 Å². The Morgan fingerprint density at radius 2 is 1.83 bits per heavy atom. The van der Waals surface area contributed by atoms with E-state index in [1.165, 1.54) is 0 Å². The van der Waals surface area contributed by atoms with Crippen LogP contribution in [0.15, 0.2) is 42.5 Å². The van der Waals surface area contributed by atoms with Gasteiger partial charge in [0.25, 0.3) is 5.91 Å². The van der Waals surface area contributed by atoms with E-state index in [2.05, 4.69) is 11.4 Å². The quantitative estimate of drug-likeness (QED) is 0.806. The molecule has 4 rings (SSSR count). The molecular formula is C23H26N2O4. The summed E-state index contributed by atoms with van der Waals surface area (Å²) in [5, 5.41) is 2.73. The van der Waals surface area contributed by atoms with E-state index in [1.54, 1.807) is 11.8 Å². The van der Waals surface area contributed by atoms with Crippen LogP contribution < -0.4 is 10.2 Å². The normalized spacial score (nSPS) is 15.6. The fourth-order valence-corrected chi connectivity index (χ4v) is 3.75. The van der Waals surface area contributed by atoms with Crippen LogP contribution in [0.4, 0.5) is 21.9 Å². The molecule has 0 bridgehead atoms. The van der Waals surface area contributed by atoms with Gasteiger partial charge in [0.2, 0.25) is 0 Å². The zero-order valence-corrected chi connectivity index (χ0v) is 16.6. The van der Waals surface area contributed by atoms with Crippen molar-refractivity contribution in [2.24, 2.45) is 0 Å². The number of fused-ring (bicyclic) bond motifs is 2. The molecule has 1 saturated carbocycles. The third kappa shape index (κ3) is 4.27. The standard InChI is InChI=1S/C23H26N2O4/c1-2-28-23(27)24-18-13-12-17-11-10-16-6-3-4-9-20(16)25(21(17)14-18)22(26)15-29-19-7-5-8-19/h3-4,6,9,12-14,19H,2,5,7-8,10-11,15H2,1H3,(H,24,27). The molecule has 1 heterocycles. The predicted molar refractivity (Wildman–Crippen MR) is 112 cm³/mol. The summed E-state index contributed by atoms with van der Waals surface area (Å²) in [6.45, 7) is 2.11. The number of amides is 2. The van der Waals surface area contributed by atoms with Gasteiger partial charge in [-0.05, 0) is 68.4 Å². The number of hydrogen-bond donors (Lipinski definition) is 1. The molecule has 0 aromatic heterocycles. The number of hydrogen-bond acceptors (Lipinski definition) is 4. The van der Waals surface area contributed by atoms with Crippen molar-refractivity contribution >= 4 is 29.1 Å². The zero-order chi connectivity index (χ0) is 20.2. The fraction of sp³-hybridized carbons (Fsp3) is 0.391. The zero-order valence-electron chi connectivity index (χ0n) is 16.6. The molecule has 0 spiro atoms. The lowest BCUT2D eigenvalue weighted by atomic mass is 9.96. The fourth-order valence-electron chi connectivity index (χ4n) is 3.75. The molecule has 152 valence electrons. The highest BCUT2D eigenvalue weighted by Gasteiger charge is 2.28. The average molecular weight is 394 g/mol. The number of ether oxygens (including phenoxy) is 2. The Morgan fingerprint density at radius 3 is 2.55 bits per heavy atom. The maximum Gasteiger partial charge on any atom is 0.411 e. The Labute approximate surface area is 170 Å². The molecular weight excluding hydrogens is 368 g/mol. The SMILES string of the molecule is CCOC(=O)Nc1ccc2c(c1)N(C(=O)COC1CCC1)c1ccccc1CC2. The molecule has 2 aliphatic rings. The molecule has 1 aliphatic carbocycles. The maximum atomic E-state index is 13.2. The van der Waals surface area contributed by atoms with Crippen molar-refractivity contribution in [3.63, 3.8) is 0 Å². The van der Waals surface area contributed by atoms with Crippen LogP contribution in [0.2, 0.25) is 0 Å². The molecule has 6 nitrogen and oxygen atoms in total. The monoisotopic (exact) mass is 394 g/mol. The summed E-state index contributed by atoms with van der Waals surface area (Å²) in [6.07, 6.45) is 4.56. The molecule has 0 atom stereocenters. The molecule has 0 radical (unpaired) electrons. The number of carbonyl (C=O) groups excluding carboxylic acids is 2. The largest absolute Gasteiger partial charge is 0.450 e. The number of rotatable bonds is 5. The molecule has 1 fully saturated rings. The molecule has 6 heteroatoms. The number of carbonyl (C=O) groups is 2. The molecule has 1 N–H and O–H groups in total. The summed E-state index contributed by atoms with van der Waals surface area (Å²) in [5.74, 6) is -0.0965. The van der Waals surface area contributed by atoms with E-state index in [0.717, 1.165) is 54.6 Å². The molecule has 0 unspecified atom stereocenters. The molecule has 0 saturated heterocycles. The second-order valence-electron chi connectivity index (χ2n) is 7.41. The van der Waals surface area contributed by atoms with Gasteiger partial charge in [0.1, 0.15) is 6.61 Å². The first-order valence-electron chi connectivity index (χ1n) is 10.2. The number of anilines is 3. The Hall–Kier alpha value is -2.86. The van der Waals surface area contributed by atoms with Gasteiger partial charge in [0.15, 0.2) is 0 Å². The first kappa shape index (κ1) is 19.5. The van der Waals surface area contributed by atoms with Crippen molar-refractivity contribution in [2.75, 3.05) is 23.4 Å². The van der Waals surface area contributed by atoms with Gasteiger partial charge in [0.05, 0.1) is 24.1 Å². The highest BCUT2D eigenvalue weighted by atomic mass is 16.5. The van der Waals surface area contributed by atoms with E-state index in [9.17, 15) is 9.59 Å². The first-order chi connectivity index (χ1) is 14.2. The topological polar surface area (TPSA) is 67.9 Å². The van der Waals surface area contributed by atoms with Gasteiger partial charge in [-0.15, -0.1) is 0 Å². The van der Waals surface area contributed by atoms with Crippen LogP contribution in [0, 0.1) is 0 Å². The highest BCUT2D eigenvalue weighted by molar-refractivity contribution is 6.03. The smallest absolute Gasteiger partial charge is 0.411 e. The second-order valence-corrected chi connectivity index (χ2v) is 7.41. The first-order valence-corrected chi connectivity index (χ1v) is 10.2. The van der Waals surface area contributed by atoms with Gasteiger partial charge < -0.3 is 9.47 Å². The van der Waals surface area contributed by atoms with E-state index in [4.69, 9.17) is 9.47 Å². The summed E-state index contributed by atoms with van der Waals surface area (Å²) in [6, 6.07) is 13.6. The van der Waals surface area contributed by atoms with Crippen molar-refractivity contribution in [3.05, 3.63) is 53.6 Å². The lowest BCUT2D eigenvalue weighted by Gasteiger charge is -2.29. The van der Waals surface area contributed by atoms with Crippen molar-refractivity contribution in [2.45, 2.75) is 45.1 Å². The van der Waals surface area contributed by atoms with Crippen LogP contribution >= 0.6 is 0 Å². The number of para-hydroxylation sites is 1. The molecule has 29 heavy (non-hydrogen) atoms. The molecule has 2 aromatic carbocycles. The van der Waals surface area contributed by atoms with Gasteiger partial charge in [-0.2, -0.15) is 0 Å². The minimum Gasteiger partial charge on any atom is -0.450 e. The Bertz CT molecular complexity index is 908. The van der Waals surface area contributed by atoms with Crippen LogP contribution in [0.3, 0.4) is 0 Å². The Balaban J connectivity index is 1.67. The number of benzene rings is 2. The van der Waals surface area contributed by atoms with E-state index >= 15 is 0 Å². The van der Waals surface area contributed by atoms with E-state index in [1.807, 2.05) is 36.4 Å². The minimum absolute atomic E-state index is 0.0496. The van der Waals surface area contributed by atoms with Crippen molar-refractivity contribution in [3.8, 4) is 0 Å². The maximum absolute atomic E-state index is 13.2. The number of nitrogens with zero attached hydrogens (tertiary/aromatic N) is 1. The lowest BCUT2D eigenvalue weighted by Crippen LogP contribution is -2.34. The minimum atomic E-state index is -0.507. The van der Waals surface area contributed by atoms with Crippen LogP contribution in [0.5, 0.6) is 0 Å². The van der Waals surface area contributed by atoms with Crippen molar-refractivity contribution < 1.29 is 19.1 Å². The van der Waals surface area contributed by atoms with Crippen LogP contribution in [0.25, 0.3) is 0 Å². The Morgan fingerprint density at radius 1 is 1.07 bits per heavy atom. The van der Waals surface area contributed by atoms with E-state index in [-0.39, 0.29) is 18.6 Å². The molecule has 1 aliphatic heterocycles. The van der Waals surface area contributed by atoms with Crippen LogP contribution in [-0.4, -0.2) is 31.3 Å². The van der Waals surface area contributed by atoms with E-state index < -0.39 is 6.09 Å². The summed E-state index contributed by atoms with van der Waals surface area (Å²) in [7, 11) is 0. The summed E-state index contributed by atoms with van der Waals surface area (Å²) in [4.78, 5) is 26.8.